The SMILES string of the molecule is CC(C)OCc1ccc(C(=O)Nc2ccc(OCCCC(=O)O)cc2)cc1. The van der Waals surface area contributed by atoms with Gasteiger partial charge in [0.1, 0.15) is 5.75 Å². The van der Waals surface area contributed by atoms with Gasteiger partial charge in [-0.1, -0.05) is 12.1 Å². The van der Waals surface area contributed by atoms with Crippen LogP contribution in [0, 0.1) is 0 Å². The summed E-state index contributed by atoms with van der Waals surface area (Å²) < 4.78 is 11.0. The highest BCUT2D eigenvalue weighted by Gasteiger charge is 2.07. The molecule has 0 atom stereocenters. The molecule has 6 heteroatoms. The van der Waals surface area contributed by atoms with Crippen molar-refractivity contribution >= 4 is 17.6 Å². The molecule has 0 unspecified atom stereocenters. The summed E-state index contributed by atoms with van der Waals surface area (Å²) in [7, 11) is 0. The number of carboxylic acid groups (broad SMARTS) is 1. The molecule has 6 nitrogen and oxygen atoms in total. The standard InChI is InChI=1S/C21H25NO5/c1-15(2)27-14-16-5-7-17(8-6-16)21(25)22-18-9-11-19(12-10-18)26-13-3-4-20(23)24/h5-12,15H,3-4,13-14H2,1-2H3,(H,22,25)(H,23,24). The van der Waals surface area contributed by atoms with Crippen molar-refractivity contribution in [3.63, 3.8) is 0 Å². The average Bonchev–Trinajstić information content (AvgIpc) is 2.65. The number of hydrogen-bond donors (Lipinski definition) is 2. The maximum absolute atomic E-state index is 12.3. The lowest BCUT2D eigenvalue weighted by molar-refractivity contribution is -0.137. The Labute approximate surface area is 159 Å². The van der Waals surface area contributed by atoms with Gasteiger partial charge in [-0.05, 0) is 62.2 Å². The lowest BCUT2D eigenvalue weighted by atomic mass is 10.1. The second-order valence-electron chi connectivity index (χ2n) is 6.38. The molecular formula is C21H25NO5. The van der Waals surface area contributed by atoms with Crippen molar-refractivity contribution in [2.24, 2.45) is 0 Å². The molecule has 0 aliphatic rings. The van der Waals surface area contributed by atoms with Crippen LogP contribution in [0.4, 0.5) is 5.69 Å². The predicted octanol–water partition coefficient (Wildman–Crippen LogP) is 4.11. The molecule has 2 N–H and O–H groups in total. The van der Waals surface area contributed by atoms with Crippen LogP contribution in [-0.2, 0) is 16.1 Å². The van der Waals surface area contributed by atoms with Gasteiger partial charge in [-0.25, -0.2) is 0 Å². The monoisotopic (exact) mass is 371 g/mol. The second kappa shape index (κ2) is 10.3. The number of aliphatic carboxylic acids is 1. The Morgan fingerprint density at radius 2 is 1.70 bits per heavy atom. The Kier molecular flexibility index (Phi) is 7.82. The Hall–Kier alpha value is -2.86. The highest BCUT2D eigenvalue weighted by molar-refractivity contribution is 6.04. The topological polar surface area (TPSA) is 84.9 Å². The summed E-state index contributed by atoms with van der Waals surface area (Å²) in [5.41, 5.74) is 2.24. The van der Waals surface area contributed by atoms with Gasteiger partial charge in [0.25, 0.3) is 5.91 Å². The van der Waals surface area contributed by atoms with Gasteiger partial charge >= 0.3 is 5.97 Å². The summed E-state index contributed by atoms with van der Waals surface area (Å²) in [6.07, 6.45) is 0.694. The largest absolute Gasteiger partial charge is 0.494 e. The summed E-state index contributed by atoms with van der Waals surface area (Å²) in [5, 5.41) is 11.4. The zero-order valence-corrected chi connectivity index (χ0v) is 15.6. The Morgan fingerprint density at radius 3 is 2.30 bits per heavy atom. The lowest BCUT2D eigenvalue weighted by Gasteiger charge is -2.09. The Morgan fingerprint density at radius 1 is 1.04 bits per heavy atom. The molecule has 27 heavy (non-hydrogen) atoms. The van der Waals surface area contributed by atoms with Crippen LogP contribution in [-0.4, -0.2) is 29.7 Å². The molecule has 1 amide bonds. The van der Waals surface area contributed by atoms with E-state index >= 15 is 0 Å². The number of carboxylic acids is 1. The fraction of sp³-hybridized carbons (Fsp3) is 0.333. The van der Waals surface area contributed by atoms with Gasteiger partial charge in [0, 0.05) is 17.7 Å². The van der Waals surface area contributed by atoms with E-state index in [0.29, 0.717) is 36.6 Å². The molecule has 2 aromatic rings. The molecule has 0 fully saturated rings. The van der Waals surface area contributed by atoms with Gasteiger partial charge in [0.15, 0.2) is 0 Å². The number of carbonyl (C=O) groups excluding carboxylic acids is 1. The van der Waals surface area contributed by atoms with Crippen molar-refractivity contribution in [3.05, 3.63) is 59.7 Å². The van der Waals surface area contributed by atoms with Gasteiger partial charge in [0.2, 0.25) is 0 Å². The molecule has 0 aliphatic carbocycles. The van der Waals surface area contributed by atoms with E-state index in [2.05, 4.69) is 5.32 Å². The number of anilines is 1. The molecule has 0 aliphatic heterocycles. The first-order valence-electron chi connectivity index (χ1n) is 8.90. The van der Waals surface area contributed by atoms with Crippen LogP contribution in [0.2, 0.25) is 0 Å². The minimum atomic E-state index is -0.836. The number of rotatable bonds is 10. The first-order chi connectivity index (χ1) is 12.9. The maximum atomic E-state index is 12.3. The number of amides is 1. The van der Waals surface area contributed by atoms with Crippen molar-refractivity contribution in [2.45, 2.75) is 39.4 Å². The van der Waals surface area contributed by atoms with Gasteiger partial charge < -0.3 is 19.9 Å². The number of benzene rings is 2. The molecule has 0 bridgehead atoms. The summed E-state index contributed by atoms with van der Waals surface area (Å²) >= 11 is 0. The summed E-state index contributed by atoms with van der Waals surface area (Å²) in [6, 6.07) is 14.3. The van der Waals surface area contributed by atoms with Crippen molar-refractivity contribution in [3.8, 4) is 5.75 Å². The fourth-order valence-electron chi connectivity index (χ4n) is 2.27. The van der Waals surface area contributed by atoms with Crippen LogP contribution >= 0.6 is 0 Å². The van der Waals surface area contributed by atoms with Gasteiger partial charge in [-0.3, -0.25) is 9.59 Å². The molecule has 2 aromatic carbocycles. The number of nitrogens with one attached hydrogen (secondary N) is 1. The van der Waals surface area contributed by atoms with E-state index < -0.39 is 5.97 Å². The van der Waals surface area contributed by atoms with Gasteiger partial charge in [-0.2, -0.15) is 0 Å². The van der Waals surface area contributed by atoms with E-state index in [1.165, 1.54) is 0 Å². The van der Waals surface area contributed by atoms with Gasteiger partial charge in [0.05, 0.1) is 19.3 Å². The highest BCUT2D eigenvalue weighted by atomic mass is 16.5. The maximum Gasteiger partial charge on any atom is 0.303 e. The zero-order valence-electron chi connectivity index (χ0n) is 15.6. The number of hydrogen-bond acceptors (Lipinski definition) is 4. The molecule has 0 spiro atoms. The first-order valence-corrected chi connectivity index (χ1v) is 8.90. The predicted molar refractivity (Wildman–Crippen MR) is 103 cm³/mol. The van der Waals surface area contributed by atoms with Crippen LogP contribution in [0.25, 0.3) is 0 Å². The molecule has 0 saturated heterocycles. The second-order valence-corrected chi connectivity index (χ2v) is 6.38. The molecule has 2 rings (SSSR count). The third-order valence-electron chi connectivity index (χ3n) is 3.72. The van der Waals surface area contributed by atoms with Crippen molar-refractivity contribution in [2.75, 3.05) is 11.9 Å². The molecular weight excluding hydrogens is 346 g/mol. The average molecular weight is 371 g/mol. The Balaban J connectivity index is 1.83. The third kappa shape index (κ3) is 7.50. The number of ether oxygens (including phenoxy) is 2. The van der Waals surface area contributed by atoms with Crippen molar-refractivity contribution in [1.29, 1.82) is 0 Å². The van der Waals surface area contributed by atoms with E-state index in [9.17, 15) is 9.59 Å². The molecule has 0 aromatic heterocycles. The smallest absolute Gasteiger partial charge is 0.303 e. The normalized spacial score (nSPS) is 10.6. The van der Waals surface area contributed by atoms with Crippen LogP contribution in [0.1, 0.15) is 42.6 Å². The van der Waals surface area contributed by atoms with E-state index in [-0.39, 0.29) is 18.4 Å². The highest BCUT2D eigenvalue weighted by Crippen LogP contribution is 2.17. The lowest BCUT2D eigenvalue weighted by Crippen LogP contribution is -2.12. The van der Waals surface area contributed by atoms with Crippen LogP contribution in [0.15, 0.2) is 48.5 Å². The van der Waals surface area contributed by atoms with Crippen LogP contribution < -0.4 is 10.1 Å². The van der Waals surface area contributed by atoms with E-state index in [4.69, 9.17) is 14.6 Å². The molecule has 0 saturated carbocycles. The zero-order chi connectivity index (χ0) is 19.6. The van der Waals surface area contributed by atoms with Crippen molar-refractivity contribution < 1.29 is 24.2 Å². The quantitative estimate of drug-likeness (QED) is 0.614. The first kappa shape index (κ1) is 20.5. The van der Waals surface area contributed by atoms with Crippen LogP contribution in [0.5, 0.6) is 5.75 Å². The molecule has 0 heterocycles. The third-order valence-corrected chi connectivity index (χ3v) is 3.72. The van der Waals surface area contributed by atoms with E-state index in [0.717, 1.165) is 5.56 Å². The number of carbonyl (C=O) groups is 2. The van der Waals surface area contributed by atoms with Gasteiger partial charge in [-0.15, -0.1) is 0 Å². The Bertz CT molecular complexity index is 738. The van der Waals surface area contributed by atoms with E-state index in [1.807, 2.05) is 26.0 Å². The fourth-order valence-corrected chi connectivity index (χ4v) is 2.27. The summed E-state index contributed by atoms with van der Waals surface area (Å²) in [4.78, 5) is 22.8. The minimum Gasteiger partial charge on any atom is -0.494 e. The summed E-state index contributed by atoms with van der Waals surface area (Å²) in [5.74, 6) is -0.397. The van der Waals surface area contributed by atoms with E-state index in [1.54, 1.807) is 36.4 Å². The minimum absolute atomic E-state index is 0.0799. The van der Waals surface area contributed by atoms with Crippen LogP contribution in [0.3, 0.4) is 0 Å². The summed E-state index contributed by atoms with van der Waals surface area (Å²) in [6.45, 7) is 4.82. The van der Waals surface area contributed by atoms with Crippen molar-refractivity contribution in [1.82, 2.24) is 0 Å². The molecule has 0 radical (unpaired) electrons. The molecule has 144 valence electrons.